The summed E-state index contributed by atoms with van der Waals surface area (Å²) in [4.78, 5) is 0. The van der Waals surface area contributed by atoms with Crippen LogP contribution < -0.4 is 5.32 Å². The van der Waals surface area contributed by atoms with Crippen molar-refractivity contribution in [1.82, 2.24) is 5.32 Å². The van der Waals surface area contributed by atoms with Crippen molar-refractivity contribution >= 4 is 28.3 Å². The summed E-state index contributed by atoms with van der Waals surface area (Å²) >= 11 is 6.60. The molecule has 64 valence electrons. The van der Waals surface area contributed by atoms with E-state index in [1.807, 2.05) is 0 Å². The van der Waals surface area contributed by atoms with Gasteiger partial charge in [0.15, 0.2) is 0 Å². The van der Waals surface area contributed by atoms with Gasteiger partial charge in [-0.2, -0.15) is 0 Å². The molecule has 1 N–H and O–H groups in total. The fourth-order valence-electron chi connectivity index (χ4n) is 0.477. The zero-order valence-electron chi connectivity index (χ0n) is 6.63. The third-order valence-electron chi connectivity index (χ3n) is 0.883. The molecule has 0 rings (SSSR count). The molecule has 0 aliphatic heterocycles. The van der Waals surface area contributed by atoms with Gasteiger partial charge in [0, 0.05) is 0 Å². The molecule has 11 heavy (non-hydrogen) atoms. The number of thiocarbonyl (C=S) groups is 1. The van der Waals surface area contributed by atoms with Gasteiger partial charge >= 0.3 is 0 Å². The molecule has 0 aromatic rings. The topological polar surface area (TPSA) is 21.3 Å². The van der Waals surface area contributed by atoms with Gasteiger partial charge in [-0.25, -0.2) is 0 Å². The summed E-state index contributed by atoms with van der Waals surface area (Å²) in [5, 5.41) is 3.04. The first-order chi connectivity index (χ1) is 5.31. The Kier molecular flexibility index (Phi) is 7.72. The first-order valence-corrected chi connectivity index (χ1v) is 4.83. The van der Waals surface area contributed by atoms with Crippen LogP contribution in [0.25, 0.3) is 0 Å². The van der Waals surface area contributed by atoms with Crippen LogP contribution in [-0.4, -0.2) is 23.2 Å². The van der Waals surface area contributed by atoms with Crippen molar-refractivity contribution in [2.75, 3.05) is 18.9 Å². The van der Waals surface area contributed by atoms with Gasteiger partial charge in [0.1, 0.15) is 10.9 Å². The van der Waals surface area contributed by atoms with Gasteiger partial charge in [-0.3, -0.25) is 0 Å². The van der Waals surface area contributed by atoms with Crippen molar-refractivity contribution in [2.45, 2.75) is 6.92 Å². The van der Waals surface area contributed by atoms with E-state index in [0.29, 0.717) is 6.61 Å². The minimum Gasteiger partial charge on any atom is -0.500 e. The van der Waals surface area contributed by atoms with Crippen LogP contribution in [0.4, 0.5) is 0 Å². The number of ether oxygens (including phenoxy) is 1. The lowest BCUT2D eigenvalue weighted by molar-refractivity contribution is 0.256. The monoisotopic (exact) mass is 191 g/mol. The van der Waals surface area contributed by atoms with Crippen molar-refractivity contribution in [3.05, 3.63) is 12.8 Å². The summed E-state index contributed by atoms with van der Waals surface area (Å²) in [5.41, 5.74) is 0. The van der Waals surface area contributed by atoms with E-state index in [0.717, 1.165) is 16.6 Å². The molecule has 0 radical (unpaired) electrons. The SMILES string of the molecule is C=COCCNC(=S)SCC. The largest absolute Gasteiger partial charge is 0.500 e. The van der Waals surface area contributed by atoms with Gasteiger partial charge in [-0.15, -0.1) is 0 Å². The van der Waals surface area contributed by atoms with Crippen LogP contribution in [0.5, 0.6) is 0 Å². The van der Waals surface area contributed by atoms with Crippen LogP contribution in [0.1, 0.15) is 6.92 Å². The van der Waals surface area contributed by atoms with E-state index in [2.05, 4.69) is 18.8 Å². The lowest BCUT2D eigenvalue weighted by Gasteiger charge is -2.04. The zero-order valence-corrected chi connectivity index (χ0v) is 8.26. The Labute approximate surface area is 77.4 Å². The molecule has 0 amide bonds. The molecule has 0 heterocycles. The molecule has 0 saturated heterocycles. The summed E-state index contributed by atoms with van der Waals surface area (Å²) in [6.07, 6.45) is 1.43. The van der Waals surface area contributed by atoms with Gasteiger partial charge in [0.2, 0.25) is 0 Å². The van der Waals surface area contributed by atoms with Crippen molar-refractivity contribution in [3.8, 4) is 0 Å². The van der Waals surface area contributed by atoms with Crippen molar-refractivity contribution in [3.63, 3.8) is 0 Å². The second-order valence-electron chi connectivity index (χ2n) is 1.68. The van der Waals surface area contributed by atoms with Gasteiger partial charge in [-0.1, -0.05) is 37.5 Å². The molecule has 0 fully saturated rings. The van der Waals surface area contributed by atoms with E-state index in [1.165, 1.54) is 6.26 Å². The molecule has 0 aromatic heterocycles. The Morgan fingerprint density at radius 1 is 1.82 bits per heavy atom. The number of nitrogens with one attached hydrogen (secondary N) is 1. The molecule has 4 heteroatoms. The quantitative estimate of drug-likeness (QED) is 0.406. The highest BCUT2D eigenvalue weighted by Crippen LogP contribution is 1.98. The normalized spacial score (nSPS) is 8.82. The molecule has 0 unspecified atom stereocenters. The van der Waals surface area contributed by atoms with E-state index in [9.17, 15) is 0 Å². The van der Waals surface area contributed by atoms with Gasteiger partial charge in [-0.05, 0) is 5.75 Å². The highest BCUT2D eigenvalue weighted by Gasteiger charge is 1.92. The predicted molar refractivity (Wildman–Crippen MR) is 54.9 cm³/mol. The van der Waals surface area contributed by atoms with Gasteiger partial charge < -0.3 is 10.1 Å². The lowest BCUT2D eigenvalue weighted by atomic mass is 10.7. The van der Waals surface area contributed by atoms with Gasteiger partial charge in [0.05, 0.1) is 12.8 Å². The molecular weight excluding hydrogens is 178 g/mol. The van der Waals surface area contributed by atoms with Crippen molar-refractivity contribution < 1.29 is 4.74 Å². The Morgan fingerprint density at radius 2 is 2.55 bits per heavy atom. The summed E-state index contributed by atoms with van der Waals surface area (Å²) in [6, 6.07) is 0. The van der Waals surface area contributed by atoms with Crippen LogP contribution in [-0.2, 0) is 4.74 Å². The highest BCUT2D eigenvalue weighted by molar-refractivity contribution is 8.22. The number of thioether (sulfide) groups is 1. The Hall–Kier alpha value is -0.220. The molecule has 0 aromatic carbocycles. The second kappa shape index (κ2) is 7.88. The van der Waals surface area contributed by atoms with Gasteiger partial charge in [0.25, 0.3) is 0 Å². The Morgan fingerprint density at radius 3 is 3.09 bits per heavy atom. The molecular formula is C7H13NOS2. The van der Waals surface area contributed by atoms with Crippen LogP contribution >= 0.6 is 24.0 Å². The first-order valence-electron chi connectivity index (χ1n) is 3.44. The zero-order chi connectivity index (χ0) is 8.53. The highest BCUT2D eigenvalue weighted by atomic mass is 32.2. The maximum absolute atomic E-state index is 4.97. The Bertz CT molecular complexity index is 128. The predicted octanol–water partition coefficient (Wildman–Crippen LogP) is 1.77. The van der Waals surface area contributed by atoms with E-state index >= 15 is 0 Å². The third kappa shape index (κ3) is 7.68. The minimum absolute atomic E-state index is 0.619. The lowest BCUT2D eigenvalue weighted by Crippen LogP contribution is -2.22. The first kappa shape index (κ1) is 10.8. The summed E-state index contributed by atoms with van der Waals surface area (Å²) in [7, 11) is 0. The average Bonchev–Trinajstić information content (AvgIpc) is 1.99. The molecule has 0 atom stereocenters. The van der Waals surface area contributed by atoms with Crippen LogP contribution in [0.15, 0.2) is 12.8 Å². The molecule has 0 aliphatic carbocycles. The summed E-state index contributed by atoms with van der Waals surface area (Å²) in [5.74, 6) is 1.01. The van der Waals surface area contributed by atoms with Crippen LogP contribution in [0, 0.1) is 0 Å². The number of hydrogen-bond acceptors (Lipinski definition) is 3. The van der Waals surface area contributed by atoms with E-state index < -0.39 is 0 Å². The smallest absolute Gasteiger partial charge is 0.133 e. The minimum atomic E-state index is 0.619. The molecule has 0 bridgehead atoms. The average molecular weight is 191 g/mol. The van der Waals surface area contributed by atoms with E-state index in [4.69, 9.17) is 17.0 Å². The van der Waals surface area contributed by atoms with Crippen molar-refractivity contribution in [1.29, 1.82) is 0 Å². The number of hydrogen-bond donors (Lipinski definition) is 1. The maximum atomic E-state index is 4.97. The molecule has 0 spiro atoms. The third-order valence-corrected chi connectivity index (χ3v) is 2.08. The second-order valence-corrected chi connectivity index (χ2v) is 3.63. The van der Waals surface area contributed by atoms with E-state index in [-0.39, 0.29) is 0 Å². The summed E-state index contributed by atoms with van der Waals surface area (Å²) in [6.45, 7) is 6.86. The van der Waals surface area contributed by atoms with Crippen molar-refractivity contribution in [2.24, 2.45) is 0 Å². The maximum Gasteiger partial charge on any atom is 0.133 e. The molecule has 0 saturated carbocycles. The number of rotatable bonds is 5. The molecule has 0 aliphatic rings. The molecule has 2 nitrogen and oxygen atoms in total. The Balaban J connectivity index is 3.10. The van der Waals surface area contributed by atoms with Crippen LogP contribution in [0.2, 0.25) is 0 Å². The summed E-state index contributed by atoms with van der Waals surface area (Å²) < 4.78 is 5.73. The van der Waals surface area contributed by atoms with Crippen LogP contribution in [0.3, 0.4) is 0 Å². The van der Waals surface area contributed by atoms with E-state index in [1.54, 1.807) is 11.8 Å². The standard InChI is InChI=1S/C7H13NOS2/c1-3-9-6-5-8-7(10)11-4-2/h3H,1,4-6H2,2H3,(H,8,10). The fraction of sp³-hybridized carbons (Fsp3) is 0.571. The fourth-order valence-corrected chi connectivity index (χ4v) is 1.40.